The Morgan fingerprint density at radius 1 is 1.25 bits per heavy atom. The zero-order chi connectivity index (χ0) is 19.4. The van der Waals surface area contributed by atoms with E-state index >= 15 is 0 Å². The third-order valence-electron chi connectivity index (χ3n) is 4.62. The van der Waals surface area contributed by atoms with Crippen LogP contribution >= 0.6 is 11.3 Å². The standard InChI is InChI=1S/C20H30N4O3S/c1-25-12-8-22-20(21-7-6-17-4-2-11-27-17)23-16-18(19-5-3-15-28-19)24-9-13-26-14-10-24/h2-5,11,15,18H,6-10,12-14,16H2,1H3,(H2,21,22,23). The Balaban J connectivity index is 1.61. The van der Waals surface area contributed by atoms with Gasteiger partial charge in [0, 0.05) is 44.6 Å². The van der Waals surface area contributed by atoms with Crippen molar-refractivity contribution < 1.29 is 13.9 Å². The number of methoxy groups -OCH3 is 1. The third-order valence-corrected chi connectivity index (χ3v) is 5.60. The van der Waals surface area contributed by atoms with Crippen LogP contribution in [-0.4, -0.2) is 70.5 Å². The maximum Gasteiger partial charge on any atom is 0.191 e. The summed E-state index contributed by atoms with van der Waals surface area (Å²) >= 11 is 1.79. The van der Waals surface area contributed by atoms with E-state index in [2.05, 4.69) is 33.0 Å². The van der Waals surface area contributed by atoms with Gasteiger partial charge in [0.25, 0.3) is 0 Å². The summed E-state index contributed by atoms with van der Waals surface area (Å²) in [6, 6.07) is 8.48. The molecule has 2 N–H and O–H groups in total. The highest BCUT2D eigenvalue weighted by molar-refractivity contribution is 7.10. The minimum Gasteiger partial charge on any atom is -0.469 e. The van der Waals surface area contributed by atoms with Crippen LogP contribution in [-0.2, 0) is 15.9 Å². The molecule has 2 aromatic heterocycles. The summed E-state index contributed by atoms with van der Waals surface area (Å²) in [6.45, 7) is 6.25. The van der Waals surface area contributed by atoms with Crippen LogP contribution in [0.2, 0.25) is 0 Å². The summed E-state index contributed by atoms with van der Waals surface area (Å²) in [7, 11) is 1.70. The molecule has 3 heterocycles. The van der Waals surface area contributed by atoms with Gasteiger partial charge >= 0.3 is 0 Å². The molecule has 0 aromatic carbocycles. The molecule has 1 atom stereocenters. The van der Waals surface area contributed by atoms with Gasteiger partial charge in [-0.3, -0.25) is 9.89 Å². The molecule has 0 bridgehead atoms. The van der Waals surface area contributed by atoms with E-state index < -0.39 is 0 Å². The summed E-state index contributed by atoms with van der Waals surface area (Å²) in [6.07, 6.45) is 2.52. The molecule has 0 spiro atoms. The number of hydrogen-bond donors (Lipinski definition) is 2. The third kappa shape index (κ3) is 6.63. The number of hydrogen-bond acceptors (Lipinski definition) is 6. The molecule has 0 aliphatic carbocycles. The molecular weight excluding hydrogens is 376 g/mol. The molecule has 28 heavy (non-hydrogen) atoms. The molecule has 7 nitrogen and oxygen atoms in total. The Bertz CT molecular complexity index is 670. The van der Waals surface area contributed by atoms with Gasteiger partial charge < -0.3 is 24.5 Å². The first-order valence-electron chi connectivity index (χ1n) is 9.75. The molecule has 3 rings (SSSR count). The Morgan fingerprint density at radius 2 is 2.11 bits per heavy atom. The van der Waals surface area contributed by atoms with E-state index in [1.807, 2.05) is 12.1 Å². The van der Waals surface area contributed by atoms with E-state index in [0.717, 1.165) is 51.0 Å². The SMILES string of the molecule is COCCNC(=NCC(c1cccs1)N1CCOCC1)NCCc1ccco1. The molecule has 1 unspecified atom stereocenters. The second-order valence-electron chi connectivity index (χ2n) is 6.54. The normalized spacial score (nSPS) is 16.8. The number of furan rings is 1. The van der Waals surface area contributed by atoms with Crippen molar-refractivity contribution in [3.05, 3.63) is 46.5 Å². The number of ether oxygens (including phenoxy) is 2. The number of nitrogens with zero attached hydrogens (tertiary/aromatic N) is 2. The Morgan fingerprint density at radius 3 is 2.82 bits per heavy atom. The molecule has 8 heteroatoms. The highest BCUT2D eigenvalue weighted by Gasteiger charge is 2.23. The second kappa shape index (κ2) is 11.9. The molecule has 0 saturated carbocycles. The van der Waals surface area contributed by atoms with Crippen molar-refractivity contribution in [1.29, 1.82) is 0 Å². The lowest BCUT2D eigenvalue weighted by Gasteiger charge is -2.33. The van der Waals surface area contributed by atoms with E-state index in [1.54, 1.807) is 24.7 Å². The number of thiophene rings is 1. The maximum atomic E-state index is 5.53. The van der Waals surface area contributed by atoms with Gasteiger partial charge in [-0.15, -0.1) is 11.3 Å². The predicted molar refractivity (Wildman–Crippen MR) is 112 cm³/mol. The monoisotopic (exact) mass is 406 g/mol. The summed E-state index contributed by atoms with van der Waals surface area (Å²) < 4.78 is 16.1. The first kappa shape index (κ1) is 20.9. The number of morpholine rings is 1. The minimum absolute atomic E-state index is 0.273. The average Bonchev–Trinajstić information content (AvgIpc) is 3.43. The van der Waals surface area contributed by atoms with Gasteiger partial charge in [0.05, 0.1) is 38.7 Å². The number of nitrogens with one attached hydrogen (secondary N) is 2. The molecular formula is C20H30N4O3S. The zero-order valence-corrected chi connectivity index (χ0v) is 17.2. The van der Waals surface area contributed by atoms with Gasteiger partial charge in [0.2, 0.25) is 0 Å². The Kier molecular flexibility index (Phi) is 8.83. The quantitative estimate of drug-likeness (QED) is 0.358. The fourth-order valence-electron chi connectivity index (χ4n) is 3.14. The zero-order valence-electron chi connectivity index (χ0n) is 16.4. The largest absolute Gasteiger partial charge is 0.469 e. The molecule has 0 radical (unpaired) electrons. The van der Waals surface area contributed by atoms with Gasteiger partial charge in [-0.05, 0) is 23.6 Å². The van der Waals surface area contributed by atoms with Crippen LogP contribution in [0, 0.1) is 0 Å². The molecule has 1 fully saturated rings. The number of aliphatic imine (C=N–C) groups is 1. The van der Waals surface area contributed by atoms with Crippen molar-refractivity contribution in [2.45, 2.75) is 12.5 Å². The number of guanidine groups is 1. The van der Waals surface area contributed by atoms with Gasteiger partial charge in [-0.25, -0.2) is 0 Å². The van der Waals surface area contributed by atoms with Crippen molar-refractivity contribution in [2.75, 3.05) is 59.7 Å². The Hall–Kier alpha value is -1.87. The van der Waals surface area contributed by atoms with Gasteiger partial charge in [-0.2, -0.15) is 0 Å². The van der Waals surface area contributed by atoms with E-state index in [-0.39, 0.29) is 6.04 Å². The topological polar surface area (TPSA) is 71.3 Å². The Labute approximate surface area is 170 Å². The lowest BCUT2D eigenvalue weighted by Crippen LogP contribution is -2.42. The van der Waals surface area contributed by atoms with Crippen LogP contribution in [0.3, 0.4) is 0 Å². The van der Waals surface area contributed by atoms with E-state index in [4.69, 9.17) is 18.9 Å². The summed E-state index contributed by atoms with van der Waals surface area (Å²) in [5.41, 5.74) is 0. The second-order valence-corrected chi connectivity index (χ2v) is 7.52. The molecule has 1 aliphatic rings. The van der Waals surface area contributed by atoms with Crippen molar-refractivity contribution in [2.24, 2.45) is 4.99 Å². The predicted octanol–water partition coefficient (Wildman–Crippen LogP) is 2.14. The van der Waals surface area contributed by atoms with Crippen LogP contribution in [0.25, 0.3) is 0 Å². The van der Waals surface area contributed by atoms with Gasteiger partial charge in [0.15, 0.2) is 5.96 Å². The van der Waals surface area contributed by atoms with Crippen LogP contribution in [0.4, 0.5) is 0 Å². The molecule has 1 saturated heterocycles. The van der Waals surface area contributed by atoms with Crippen molar-refractivity contribution in [3.63, 3.8) is 0 Å². The highest BCUT2D eigenvalue weighted by atomic mass is 32.1. The van der Waals surface area contributed by atoms with Gasteiger partial charge in [-0.1, -0.05) is 6.07 Å². The fourth-order valence-corrected chi connectivity index (χ4v) is 3.99. The highest BCUT2D eigenvalue weighted by Crippen LogP contribution is 2.26. The van der Waals surface area contributed by atoms with Crippen LogP contribution in [0.5, 0.6) is 0 Å². The first-order valence-corrected chi connectivity index (χ1v) is 10.6. The molecule has 154 valence electrons. The van der Waals surface area contributed by atoms with E-state index in [1.165, 1.54) is 4.88 Å². The fraction of sp³-hybridized carbons (Fsp3) is 0.550. The van der Waals surface area contributed by atoms with E-state index in [0.29, 0.717) is 19.7 Å². The maximum absolute atomic E-state index is 5.53. The van der Waals surface area contributed by atoms with Crippen molar-refractivity contribution >= 4 is 17.3 Å². The van der Waals surface area contributed by atoms with Crippen molar-refractivity contribution in [1.82, 2.24) is 15.5 Å². The number of rotatable bonds is 10. The van der Waals surface area contributed by atoms with E-state index in [9.17, 15) is 0 Å². The molecule has 0 amide bonds. The lowest BCUT2D eigenvalue weighted by atomic mass is 10.2. The van der Waals surface area contributed by atoms with Crippen LogP contribution in [0.1, 0.15) is 16.7 Å². The first-order chi connectivity index (χ1) is 13.9. The average molecular weight is 407 g/mol. The van der Waals surface area contributed by atoms with Crippen LogP contribution < -0.4 is 10.6 Å². The summed E-state index contributed by atoms with van der Waals surface area (Å²) in [5, 5.41) is 8.88. The van der Waals surface area contributed by atoms with Gasteiger partial charge in [0.1, 0.15) is 5.76 Å². The van der Waals surface area contributed by atoms with Crippen molar-refractivity contribution in [3.8, 4) is 0 Å². The molecule has 2 aromatic rings. The molecule has 1 aliphatic heterocycles. The minimum atomic E-state index is 0.273. The van der Waals surface area contributed by atoms with Crippen LogP contribution in [0.15, 0.2) is 45.3 Å². The lowest BCUT2D eigenvalue weighted by molar-refractivity contribution is 0.0186. The summed E-state index contributed by atoms with van der Waals surface area (Å²) in [5.74, 6) is 1.77. The summed E-state index contributed by atoms with van der Waals surface area (Å²) in [4.78, 5) is 8.69. The smallest absolute Gasteiger partial charge is 0.191 e.